The molecule has 17 heavy (non-hydrogen) atoms. The van der Waals surface area contributed by atoms with Gasteiger partial charge in [-0.3, -0.25) is 0 Å². The van der Waals surface area contributed by atoms with Crippen LogP contribution in [0.1, 0.15) is 37.3 Å². The zero-order valence-corrected chi connectivity index (χ0v) is 11.5. The normalized spacial score (nSPS) is 13.8. The van der Waals surface area contributed by atoms with Crippen molar-refractivity contribution in [3.8, 4) is 0 Å². The molecule has 0 aliphatic carbocycles. The first-order valence-electron chi connectivity index (χ1n) is 5.92. The monoisotopic (exact) mass is 259 g/mol. The Hall–Kier alpha value is -0.810. The Morgan fingerprint density at radius 1 is 1.41 bits per heavy atom. The predicted molar refractivity (Wildman–Crippen MR) is 68.8 cm³/mol. The molecule has 1 aromatic heterocycles. The molecule has 1 rings (SSSR count). The van der Waals surface area contributed by atoms with Crippen LogP contribution in [0.15, 0.2) is 16.5 Å². The topological polar surface area (TPSA) is 59.3 Å². The summed E-state index contributed by atoms with van der Waals surface area (Å²) in [5.74, 6) is 2.22. The summed E-state index contributed by atoms with van der Waals surface area (Å²) in [6.07, 6.45) is 1.42. The lowest BCUT2D eigenvalue weighted by molar-refractivity contribution is 0.399. The molecule has 0 fully saturated rings. The molecule has 0 saturated carbocycles. The molecule has 0 aliphatic heterocycles. The van der Waals surface area contributed by atoms with Gasteiger partial charge in [0.2, 0.25) is 0 Å². The van der Waals surface area contributed by atoms with Gasteiger partial charge in [-0.25, -0.2) is 8.42 Å². The highest BCUT2D eigenvalue weighted by Crippen LogP contribution is 2.20. The fourth-order valence-corrected chi connectivity index (χ4v) is 2.62. The van der Waals surface area contributed by atoms with Gasteiger partial charge in [-0.15, -0.1) is 0 Å². The second kappa shape index (κ2) is 6.21. The van der Waals surface area contributed by atoms with E-state index in [4.69, 9.17) is 4.42 Å². The number of aryl methyl sites for hydroxylation is 1. The van der Waals surface area contributed by atoms with E-state index in [1.807, 2.05) is 26.1 Å². The Morgan fingerprint density at radius 3 is 2.59 bits per heavy atom. The van der Waals surface area contributed by atoms with E-state index in [1.165, 1.54) is 0 Å². The molecule has 1 unspecified atom stereocenters. The molecule has 0 saturated heterocycles. The third kappa shape index (κ3) is 4.52. The lowest BCUT2D eigenvalue weighted by Crippen LogP contribution is -2.17. The van der Waals surface area contributed by atoms with Crippen LogP contribution in [-0.4, -0.2) is 27.0 Å². The fraction of sp³-hybridized carbons (Fsp3) is 0.667. The van der Waals surface area contributed by atoms with E-state index in [9.17, 15) is 8.42 Å². The molecule has 98 valence electrons. The molecule has 0 spiro atoms. The summed E-state index contributed by atoms with van der Waals surface area (Å²) < 4.78 is 28.3. The average Bonchev–Trinajstić information content (AvgIpc) is 2.71. The summed E-state index contributed by atoms with van der Waals surface area (Å²) in [6.45, 7) is 3.58. The maximum absolute atomic E-state index is 11.4. The van der Waals surface area contributed by atoms with E-state index in [2.05, 4.69) is 5.32 Å². The fourth-order valence-electron chi connectivity index (χ4n) is 1.72. The third-order valence-corrected chi connectivity index (χ3v) is 4.63. The van der Waals surface area contributed by atoms with Gasteiger partial charge in [-0.1, -0.05) is 6.92 Å². The van der Waals surface area contributed by atoms with Crippen LogP contribution in [0.3, 0.4) is 0 Å². The second-order valence-electron chi connectivity index (χ2n) is 4.17. The lowest BCUT2D eigenvalue weighted by atomic mass is 10.1. The van der Waals surface area contributed by atoms with E-state index >= 15 is 0 Å². The molecule has 1 N–H and O–H groups in total. The average molecular weight is 259 g/mol. The van der Waals surface area contributed by atoms with Gasteiger partial charge in [0.1, 0.15) is 21.4 Å². The zero-order chi connectivity index (χ0) is 12.9. The molecule has 4 nitrogen and oxygen atoms in total. The molecule has 1 atom stereocenters. The Labute approximate surface area is 103 Å². The Morgan fingerprint density at radius 2 is 2.12 bits per heavy atom. The van der Waals surface area contributed by atoms with Crippen LogP contribution >= 0.6 is 0 Å². The van der Waals surface area contributed by atoms with Crippen molar-refractivity contribution in [1.82, 2.24) is 5.32 Å². The molecule has 0 aromatic carbocycles. The van der Waals surface area contributed by atoms with Gasteiger partial charge < -0.3 is 9.73 Å². The predicted octanol–water partition coefficient (Wildman–Crippen LogP) is 2.06. The molecule has 0 amide bonds. The van der Waals surface area contributed by atoms with E-state index in [1.54, 1.807) is 6.92 Å². The van der Waals surface area contributed by atoms with E-state index in [0.717, 1.165) is 17.9 Å². The van der Waals surface area contributed by atoms with Crippen molar-refractivity contribution >= 4 is 9.84 Å². The minimum atomic E-state index is -2.86. The van der Waals surface area contributed by atoms with Gasteiger partial charge in [0.25, 0.3) is 0 Å². The number of hydrogen-bond acceptors (Lipinski definition) is 4. The number of nitrogens with one attached hydrogen (secondary N) is 1. The maximum atomic E-state index is 11.4. The zero-order valence-electron chi connectivity index (χ0n) is 10.7. The number of furan rings is 1. The van der Waals surface area contributed by atoms with Crippen LogP contribution in [-0.2, 0) is 9.84 Å². The van der Waals surface area contributed by atoms with Crippen molar-refractivity contribution < 1.29 is 12.8 Å². The van der Waals surface area contributed by atoms with Gasteiger partial charge in [-0.2, -0.15) is 0 Å². The Kier molecular flexibility index (Phi) is 5.21. The van der Waals surface area contributed by atoms with Gasteiger partial charge in [0, 0.05) is 5.75 Å². The molecule has 0 radical (unpaired) electrons. The van der Waals surface area contributed by atoms with Gasteiger partial charge in [0.15, 0.2) is 0 Å². The van der Waals surface area contributed by atoms with Crippen molar-refractivity contribution in [2.45, 2.75) is 32.7 Å². The van der Waals surface area contributed by atoms with Crippen LogP contribution in [0.2, 0.25) is 0 Å². The van der Waals surface area contributed by atoms with Gasteiger partial charge in [0.05, 0.1) is 11.8 Å². The van der Waals surface area contributed by atoms with Crippen molar-refractivity contribution in [2.75, 3.05) is 18.6 Å². The minimum Gasteiger partial charge on any atom is -0.465 e. The summed E-state index contributed by atoms with van der Waals surface area (Å²) in [4.78, 5) is 0. The molecule has 5 heteroatoms. The Balaban J connectivity index is 2.49. The summed E-state index contributed by atoms with van der Waals surface area (Å²) in [5.41, 5.74) is 0. The first-order chi connectivity index (χ1) is 7.98. The lowest BCUT2D eigenvalue weighted by Gasteiger charge is -2.13. The first-order valence-corrected chi connectivity index (χ1v) is 7.74. The summed E-state index contributed by atoms with van der Waals surface area (Å²) in [7, 11) is -1.00. The van der Waals surface area contributed by atoms with Crippen LogP contribution in [0.25, 0.3) is 0 Å². The van der Waals surface area contributed by atoms with Crippen LogP contribution in [0.5, 0.6) is 0 Å². The number of hydrogen-bond donors (Lipinski definition) is 1. The number of sulfone groups is 1. The summed E-state index contributed by atoms with van der Waals surface area (Å²) in [6, 6.07) is 3.95. The highest BCUT2D eigenvalue weighted by molar-refractivity contribution is 7.91. The number of rotatable bonds is 7. The van der Waals surface area contributed by atoms with E-state index in [-0.39, 0.29) is 17.5 Å². The largest absolute Gasteiger partial charge is 0.465 e. The first kappa shape index (κ1) is 14.3. The molecule has 1 heterocycles. The maximum Gasteiger partial charge on any atom is 0.150 e. The SMILES string of the molecule is CCS(=O)(=O)CCCC(NC)c1ccc(C)o1. The smallest absolute Gasteiger partial charge is 0.150 e. The van der Waals surface area contributed by atoms with Crippen molar-refractivity contribution in [2.24, 2.45) is 0 Å². The molecular weight excluding hydrogens is 238 g/mol. The van der Waals surface area contributed by atoms with Gasteiger partial charge >= 0.3 is 0 Å². The van der Waals surface area contributed by atoms with E-state index < -0.39 is 9.84 Å². The van der Waals surface area contributed by atoms with Crippen molar-refractivity contribution in [1.29, 1.82) is 0 Å². The summed E-state index contributed by atoms with van der Waals surface area (Å²) in [5, 5.41) is 3.15. The highest BCUT2D eigenvalue weighted by atomic mass is 32.2. The molecule has 0 bridgehead atoms. The second-order valence-corrected chi connectivity index (χ2v) is 6.64. The van der Waals surface area contributed by atoms with Crippen LogP contribution < -0.4 is 5.32 Å². The molecule has 0 aliphatic rings. The third-order valence-electron chi connectivity index (χ3n) is 2.84. The van der Waals surface area contributed by atoms with Crippen LogP contribution in [0, 0.1) is 6.92 Å². The molecular formula is C12H21NO3S. The summed E-state index contributed by atoms with van der Waals surface area (Å²) >= 11 is 0. The van der Waals surface area contributed by atoms with Crippen molar-refractivity contribution in [3.05, 3.63) is 23.7 Å². The quantitative estimate of drug-likeness (QED) is 0.814. The van der Waals surface area contributed by atoms with E-state index in [0.29, 0.717) is 6.42 Å². The standard InChI is InChI=1S/C12H21NO3S/c1-4-17(14,15)9-5-6-11(13-3)12-8-7-10(2)16-12/h7-8,11,13H,4-6,9H2,1-3H3. The minimum absolute atomic E-state index is 0.0933. The van der Waals surface area contributed by atoms with Crippen molar-refractivity contribution in [3.63, 3.8) is 0 Å². The van der Waals surface area contributed by atoms with Gasteiger partial charge in [-0.05, 0) is 38.9 Å². The Bertz CT molecular complexity index is 436. The molecule has 1 aromatic rings. The highest BCUT2D eigenvalue weighted by Gasteiger charge is 2.14. The van der Waals surface area contributed by atoms with Crippen LogP contribution in [0.4, 0.5) is 0 Å².